The van der Waals surface area contributed by atoms with Crippen LogP contribution in [-0.4, -0.2) is 75.4 Å². The molecule has 198 valence electrons. The fraction of sp³-hybridized carbons (Fsp3) is 0.542. The molecule has 12 nitrogen and oxygen atoms in total. The first kappa shape index (κ1) is 28.6. The average Bonchev–Trinajstić information content (AvgIpc) is 3.28. The molecule has 0 saturated carbocycles. The Bertz CT molecular complexity index is 966. The highest BCUT2D eigenvalue weighted by Crippen LogP contribution is 2.19. The zero-order valence-electron chi connectivity index (χ0n) is 20.5. The Morgan fingerprint density at radius 2 is 1.67 bits per heavy atom. The van der Waals surface area contributed by atoms with Gasteiger partial charge in [0.05, 0.1) is 12.5 Å². The lowest BCUT2D eigenvalue weighted by Crippen LogP contribution is -2.58. The van der Waals surface area contributed by atoms with Gasteiger partial charge in [0.25, 0.3) is 0 Å². The summed E-state index contributed by atoms with van der Waals surface area (Å²) in [5, 5.41) is 23.9. The zero-order valence-corrected chi connectivity index (χ0v) is 20.5. The molecule has 1 aromatic carbocycles. The number of phenols is 1. The van der Waals surface area contributed by atoms with E-state index < -0.39 is 60.2 Å². The van der Waals surface area contributed by atoms with Gasteiger partial charge in [0, 0.05) is 6.54 Å². The summed E-state index contributed by atoms with van der Waals surface area (Å²) in [5.74, 6) is -3.97. The number of primary amides is 1. The van der Waals surface area contributed by atoms with E-state index in [1.54, 1.807) is 12.1 Å². The second kappa shape index (κ2) is 12.9. The molecular weight excluding hydrogens is 470 g/mol. The van der Waals surface area contributed by atoms with Crippen LogP contribution in [0.5, 0.6) is 5.75 Å². The summed E-state index contributed by atoms with van der Waals surface area (Å²) in [6.07, 6.45) is 0.614. The largest absolute Gasteiger partial charge is 0.508 e. The number of amides is 4. The summed E-state index contributed by atoms with van der Waals surface area (Å²) in [7, 11) is 0. The molecule has 4 unspecified atom stereocenters. The van der Waals surface area contributed by atoms with Crippen LogP contribution in [0.2, 0.25) is 0 Å². The maximum atomic E-state index is 13.1. The van der Waals surface area contributed by atoms with Gasteiger partial charge in [-0.3, -0.25) is 19.2 Å². The number of rotatable bonds is 12. The lowest BCUT2D eigenvalue weighted by molar-refractivity contribution is -0.149. The first-order chi connectivity index (χ1) is 16.9. The molecule has 1 heterocycles. The highest BCUT2D eigenvalue weighted by atomic mass is 16.4. The van der Waals surface area contributed by atoms with E-state index in [1.807, 2.05) is 13.8 Å². The minimum absolute atomic E-state index is 0.0189. The van der Waals surface area contributed by atoms with E-state index >= 15 is 0 Å². The smallest absolute Gasteiger partial charge is 0.326 e. The normalized spacial score (nSPS) is 17.8. The molecule has 4 amide bonds. The van der Waals surface area contributed by atoms with Crippen molar-refractivity contribution in [2.45, 2.75) is 70.1 Å². The van der Waals surface area contributed by atoms with Crippen LogP contribution in [0.3, 0.4) is 0 Å². The number of carboxylic acids is 1. The van der Waals surface area contributed by atoms with Gasteiger partial charge in [0.2, 0.25) is 23.6 Å². The Kier molecular flexibility index (Phi) is 10.2. The Morgan fingerprint density at radius 3 is 2.22 bits per heavy atom. The van der Waals surface area contributed by atoms with Crippen molar-refractivity contribution in [3.8, 4) is 5.75 Å². The van der Waals surface area contributed by atoms with Crippen LogP contribution in [0, 0.1) is 5.92 Å². The highest BCUT2D eigenvalue weighted by molar-refractivity contribution is 5.96. The monoisotopic (exact) mass is 505 g/mol. The van der Waals surface area contributed by atoms with Crippen LogP contribution >= 0.6 is 0 Å². The maximum Gasteiger partial charge on any atom is 0.326 e. The SMILES string of the molecule is CC(C)CC(NC(=O)C(N)Cc1ccc(O)cc1)C(=O)NC(CC(N)=O)C(=O)N1CCCC1C(=O)O. The molecule has 12 heteroatoms. The van der Waals surface area contributed by atoms with E-state index in [4.69, 9.17) is 11.5 Å². The summed E-state index contributed by atoms with van der Waals surface area (Å²) < 4.78 is 0. The van der Waals surface area contributed by atoms with Crippen molar-refractivity contribution in [2.75, 3.05) is 6.54 Å². The fourth-order valence-electron chi connectivity index (χ4n) is 4.12. The molecule has 1 aliphatic rings. The first-order valence-electron chi connectivity index (χ1n) is 11.8. The van der Waals surface area contributed by atoms with Gasteiger partial charge in [-0.2, -0.15) is 0 Å². The number of likely N-dealkylation sites (tertiary alicyclic amines) is 1. The summed E-state index contributed by atoms with van der Waals surface area (Å²) in [6.45, 7) is 3.87. The lowest BCUT2D eigenvalue weighted by Gasteiger charge is -2.29. The maximum absolute atomic E-state index is 13.1. The second-order valence-corrected chi connectivity index (χ2v) is 9.43. The van der Waals surface area contributed by atoms with Crippen LogP contribution in [-0.2, 0) is 30.4 Å². The number of nitrogens with zero attached hydrogens (tertiary/aromatic N) is 1. The third-order valence-electron chi connectivity index (χ3n) is 5.91. The number of benzene rings is 1. The molecule has 0 aliphatic carbocycles. The van der Waals surface area contributed by atoms with Gasteiger partial charge in [-0.05, 0) is 49.3 Å². The van der Waals surface area contributed by atoms with E-state index in [-0.39, 0.29) is 37.5 Å². The molecule has 0 radical (unpaired) electrons. The van der Waals surface area contributed by atoms with Gasteiger partial charge in [-0.15, -0.1) is 0 Å². The lowest BCUT2D eigenvalue weighted by atomic mass is 10.0. The van der Waals surface area contributed by atoms with Gasteiger partial charge >= 0.3 is 5.97 Å². The van der Waals surface area contributed by atoms with Crippen molar-refractivity contribution in [1.29, 1.82) is 0 Å². The number of aliphatic carboxylic acids is 1. The number of nitrogens with two attached hydrogens (primary N) is 2. The van der Waals surface area contributed by atoms with Crippen molar-refractivity contribution in [1.82, 2.24) is 15.5 Å². The molecule has 4 atom stereocenters. The molecule has 36 heavy (non-hydrogen) atoms. The molecule has 0 bridgehead atoms. The Morgan fingerprint density at radius 1 is 1.06 bits per heavy atom. The predicted octanol–water partition coefficient (Wildman–Crippen LogP) is -0.771. The Balaban J connectivity index is 2.13. The third kappa shape index (κ3) is 8.22. The molecule has 0 spiro atoms. The number of hydrogen-bond donors (Lipinski definition) is 6. The number of carbonyl (C=O) groups is 5. The zero-order chi connectivity index (χ0) is 27.0. The first-order valence-corrected chi connectivity index (χ1v) is 11.8. The van der Waals surface area contributed by atoms with E-state index in [0.29, 0.717) is 12.0 Å². The molecule has 1 aliphatic heterocycles. The Hall–Kier alpha value is -3.67. The standard InChI is InChI=1S/C24H35N5O7/c1-13(2)10-17(27-21(32)16(25)11-14-5-7-15(30)8-6-14)22(33)28-18(12-20(26)31)23(34)29-9-3-4-19(29)24(35)36/h5-8,13,16-19,30H,3-4,9-12,25H2,1-2H3,(H2,26,31)(H,27,32)(H,28,33)(H,35,36). The summed E-state index contributed by atoms with van der Waals surface area (Å²) in [6, 6.07) is 1.75. The molecular formula is C24H35N5O7. The second-order valence-electron chi connectivity index (χ2n) is 9.43. The van der Waals surface area contributed by atoms with Crippen molar-refractivity contribution in [3.63, 3.8) is 0 Å². The minimum atomic E-state index is -1.37. The van der Waals surface area contributed by atoms with E-state index in [2.05, 4.69) is 10.6 Å². The van der Waals surface area contributed by atoms with Crippen LogP contribution in [0.15, 0.2) is 24.3 Å². The van der Waals surface area contributed by atoms with Gasteiger partial charge < -0.3 is 37.2 Å². The average molecular weight is 506 g/mol. The van der Waals surface area contributed by atoms with Crippen LogP contribution < -0.4 is 22.1 Å². The quantitative estimate of drug-likeness (QED) is 0.212. The molecule has 8 N–H and O–H groups in total. The van der Waals surface area contributed by atoms with Crippen LogP contribution in [0.1, 0.15) is 45.1 Å². The third-order valence-corrected chi connectivity index (χ3v) is 5.91. The number of hydrogen-bond acceptors (Lipinski definition) is 7. The van der Waals surface area contributed by atoms with Crippen LogP contribution in [0.25, 0.3) is 0 Å². The molecule has 1 saturated heterocycles. The van der Waals surface area contributed by atoms with Gasteiger partial charge in [0.15, 0.2) is 0 Å². The molecule has 0 aromatic heterocycles. The van der Waals surface area contributed by atoms with E-state index in [1.165, 1.54) is 12.1 Å². The highest BCUT2D eigenvalue weighted by Gasteiger charge is 2.39. The number of carboxylic acid groups (broad SMARTS) is 1. The summed E-state index contributed by atoms with van der Waals surface area (Å²) in [5.41, 5.74) is 12.0. The van der Waals surface area contributed by atoms with Crippen molar-refractivity contribution in [2.24, 2.45) is 17.4 Å². The summed E-state index contributed by atoms with van der Waals surface area (Å²) >= 11 is 0. The van der Waals surface area contributed by atoms with Gasteiger partial charge in [0.1, 0.15) is 23.9 Å². The Labute approximate surface area is 209 Å². The topological polar surface area (TPSA) is 205 Å². The summed E-state index contributed by atoms with van der Waals surface area (Å²) in [4.78, 5) is 63.2. The number of phenolic OH excluding ortho intramolecular Hbond substituents is 1. The number of aromatic hydroxyl groups is 1. The van der Waals surface area contributed by atoms with E-state index in [0.717, 1.165) is 4.90 Å². The predicted molar refractivity (Wildman–Crippen MR) is 129 cm³/mol. The molecule has 1 aromatic rings. The number of carbonyl (C=O) groups excluding carboxylic acids is 4. The van der Waals surface area contributed by atoms with Gasteiger partial charge in [-0.1, -0.05) is 26.0 Å². The minimum Gasteiger partial charge on any atom is -0.508 e. The van der Waals surface area contributed by atoms with E-state index in [9.17, 15) is 34.2 Å². The number of nitrogens with one attached hydrogen (secondary N) is 2. The van der Waals surface area contributed by atoms with Gasteiger partial charge in [-0.25, -0.2) is 4.79 Å². The van der Waals surface area contributed by atoms with Crippen LogP contribution in [0.4, 0.5) is 0 Å². The fourth-order valence-corrected chi connectivity index (χ4v) is 4.12. The molecule has 2 rings (SSSR count). The van der Waals surface area contributed by atoms with Crippen molar-refractivity contribution >= 4 is 29.6 Å². The molecule has 1 fully saturated rings. The van der Waals surface area contributed by atoms with Crippen molar-refractivity contribution in [3.05, 3.63) is 29.8 Å². The van der Waals surface area contributed by atoms with Crippen molar-refractivity contribution < 1.29 is 34.2 Å².